The minimum atomic E-state index is -4.60. The molecule has 8 nitrogen and oxygen atoms in total. The molecule has 1 aliphatic rings. The molecule has 0 heterocycles. The maximum absolute atomic E-state index is 12.7. The minimum Gasteiger partial charge on any atom is -0.480 e. The van der Waals surface area contributed by atoms with Crippen molar-refractivity contribution < 1.29 is 23.2 Å². The molecule has 0 fully saturated rings. The van der Waals surface area contributed by atoms with Gasteiger partial charge in [-0.15, -0.1) is 0 Å². The van der Waals surface area contributed by atoms with Crippen LogP contribution in [0.1, 0.15) is 25.8 Å². The number of carboxylic acid groups (broad SMARTS) is 1. The highest BCUT2D eigenvalue weighted by Crippen LogP contribution is 2.33. The molecule has 0 spiro atoms. The second-order valence-electron chi connectivity index (χ2n) is 6.35. The zero-order valence-corrected chi connectivity index (χ0v) is 15.1. The SMILES string of the molecule is CC(C)C(NS(=O)(=O)C1([N+](=O)[O-])C=CC(c2ccccc2)=CC1)C(=O)O. The van der Waals surface area contributed by atoms with Gasteiger partial charge < -0.3 is 5.11 Å². The van der Waals surface area contributed by atoms with Crippen LogP contribution >= 0.6 is 0 Å². The standard InChI is InChI=1S/C17H20N2O6S/c1-12(2)15(16(20)21)18-26(24,25)17(19(22)23)10-8-14(9-11-17)13-6-4-3-5-7-13/h3-10,12,15,18H,11H2,1-2H3,(H,20,21). The molecular formula is C17H20N2O6S. The fourth-order valence-corrected chi connectivity index (χ4v) is 4.29. The monoisotopic (exact) mass is 380 g/mol. The fourth-order valence-electron chi connectivity index (χ4n) is 2.63. The second-order valence-corrected chi connectivity index (χ2v) is 8.30. The van der Waals surface area contributed by atoms with Crippen molar-refractivity contribution in [2.24, 2.45) is 5.92 Å². The van der Waals surface area contributed by atoms with Gasteiger partial charge in [0.05, 0.1) is 6.42 Å². The first kappa shape index (κ1) is 19.8. The lowest BCUT2D eigenvalue weighted by Gasteiger charge is -2.27. The summed E-state index contributed by atoms with van der Waals surface area (Å²) in [5, 5.41) is 20.8. The van der Waals surface area contributed by atoms with Crippen molar-refractivity contribution >= 4 is 21.6 Å². The van der Waals surface area contributed by atoms with Crippen molar-refractivity contribution in [2.75, 3.05) is 0 Å². The molecule has 0 amide bonds. The van der Waals surface area contributed by atoms with E-state index in [4.69, 9.17) is 0 Å². The summed E-state index contributed by atoms with van der Waals surface area (Å²) in [7, 11) is -4.60. The fraction of sp³-hybridized carbons (Fsp3) is 0.353. The molecule has 0 aromatic heterocycles. The van der Waals surface area contributed by atoms with Gasteiger partial charge in [-0.1, -0.05) is 56.3 Å². The number of carbonyl (C=O) groups is 1. The average Bonchev–Trinajstić information content (AvgIpc) is 2.59. The summed E-state index contributed by atoms with van der Waals surface area (Å²) in [5.41, 5.74) is 1.47. The number of allylic oxidation sites excluding steroid dienone is 2. The van der Waals surface area contributed by atoms with Crippen LogP contribution < -0.4 is 4.72 Å². The Labute approximate surface area is 151 Å². The number of carboxylic acids is 1. The van der Waals surface area contributed by atoms with Gasteiger partial charge in [0.1, 0.15) is 6.04 Å². The van der Waals surface area contributed by atoms with Gasteiger partial charge in [0.25, 0.3) is 10.0 Å². The number of rotatable bonds is 7. The van der Waals surface area contributed by atoms with Gasteiger partial charge >= 0.3 is 10.8 Å². The Balaban J connectivity index is 2.38. The molecule has 2 unspecified atom stereocenters. The number of sulfonamides is 1. The third-order valence-corrected chi connectivity index (χ3v) is 6.18. The van der Waals surface area contributed by atoms with Crippen molar-refractivity contribution in [1.82, 2.24) is 4.72 Å². The Kier molecular flexibility index (Phi) is 5.62. The van der Waals surface area contributed by atoms with Crippen molar-refractivity contribution in [1.29, 1.82) is 0 Å². The molecule has 1 aliphatic carbocycles. The maximum Gasteiger partial charge on any atom is 0.354 e. The van der Waals surface area contributed by atoms with E-state index in [9.17, 15) is 28.4 Å². The van der Waals surface area contributed by atoms with Gasteiger partial charge in [-0.25, -0.2) is 8.42 Å². The predicted octanol–water partition coefficient (Wildman–Crippen LogP) is 2.03. The highest BCUT2D eigenvalue weighted by molar-refractivity contribution is 7.90. The lowest BCUT2D eigenvalue weighted by Crippen LogP contribution is -2.56. The lowest BCUT2D eigenvalue weighted by molar-refractivity contribution is -0.526. The van der Waals surface area contributed by atoms with Gasteiger partial charge in [0.2, 0.25) is 0 Å². The third kappa shape index (κ3) is 3.68. The molecule has 2 rings (SSSR count). The largest absolute Gasteiger partial charge is 0.480 e. The number of nitrogens with zero attached hydrogens (tertiary/aromatic N) is 1. The van der Waals surface area contributed by atoms with Crippen LogP contribution in [0.15, 0.2) is 48.6 Å². The molecule has 0 saturated heterocycles. The summed E-state index contributed by atoms with van der Waals surface area (Å²) in [5.74, 6) is -1.96. The van der Waals surface area contributed by atoms with Gasteiger partial charge in [-0.2, -0.15) is 4.72 Å². The number of hydrogen-bond donors (Lipinski definition) is 2. The topological polar surface area (TPSA) is 127 Å². The smallest absolute Gasteiger partial charge is 0.354 e. The molecule has 140 valence electrons. The Hall–Kier alpha value is -2.52. The van der Waals surface area contributed by atoms with E-state index in [0.29, 0.717) is 5.57 Å². The van der Waals surface area contributed by atoms with E-state index in [1.165, 1.54) is 26.0 Å². The van der Waals surface area contributed by atoms with Gasteiger partial charge in [-0.05, 0) is 17.1 Å². The van der Waals surface area contributed by atoms with Crippen molar-refractivity contribution in [3.05, 3.63) is 64.2 Å². The van der Waals surface area contributed by atoms with Gasteiger partial charge in [0, 0.05) is 11.0 Å². The first-order valence-electron chi connectivity index (χ1n) is 7.95. The van der Waals surface area contributed by atoms with E-state index >= 15 is 0 Å². The van der Waals surface area contributed by atoms with E-state index in [0.717, 1.165) is 11.6 Å². The normalized spacial score (nSPS) is 21.3. The first-order valence-corrected chi connectivity index (χ1v) is 9.43. The Bertz CT molecular complexity index is 860. The number of nitro groups is 1. The minimum absolute atomic E-state index is 0.402. The average molecular weight is 380 g/mol. The van der Waals surface area contributed by atoms with Gasteiger partial charge in [-0.3, -0.25) is 14.9 Å². The van der Waals surface area contributed by atoms with Crippen LogP contribution in [0.2, 0.25) is 0 Å². The third-order valence-electron chi connectivity index (χ3n) is 4.23. The van der Waals surface area contributed by atoms with Crippen molar-refractivity contribution in [3.8, 4) is 0 Å². The Morgan fingerprint density at radius 1 is 1.31 bits per heavy atom. The molecule has 0 saturated carbocycles. The Morgan fingerprint density at radius 2 is 1.92 bits per heavy atom. The highest BCUT2D eigenvalue weighted by Gasteiger charge is 2.55. The molecule has 0 aliphatic heterocycles. The number of hydrogen-bond acceptors (Lipinski definition) is 5. The van der Waals surface area contributed by atoms with E-state index in [1.54, 1.807) is 24.3 Å². The zero-order chi connectivity index (χ0) is 19.5. The molecule has 0 radical (unpaired) electrons. The summed E-state index contributed by atoms with van der Waals surface area (Å²) < 4.78 is 27.4. The summed E-state index contributed by atoms with van der Waals surface area (Å²) in [6.45, 7) is 3.04. The molecule has 0 bridgehead atoms. The zero-order valence-electron chi connectivity index (χ0n) is 14.3. The number of aliphatic carboxylic acids is 1. The van der Waals surface area contributed by atoms with Crippen molar-refractivity contribution in [3.63, 3.8) is 0 Å². The van der Waals surface area contributed by atoms with E-state index in [1.807, 2.05) is 10.8 Å². The highest BCUT2D eigenvalue weighted by atomic mass is 32.2. The molecule has 1 aromatic rings. The summed E-state index contributed by atoms with van der Waals surface area (Å²) in [6.07, 6.45) is 3.46. The number of nitrogens with one attached hydrogen (secondary N) is 1. The second kappa shape index (κ2) is 7.38. The Morgan fingerprint density at radius 3 is 2.35 bits per heavy atom. The summed E-state index contributed by atoms with van der Waals surface area (Å²) in [6, 6.07) is 7.59. The molecule has 9 heteroatoms. The van der Waals surface area contributed by atoms with Crippen LogP contribution in [0.4, 0.5) is 0 Å². The summed E-state index contributed by atoms with van der Waals surface area (Å²) in [4.78, 5) is 19.6. The van der Waals surface area contributed by atoms with Gasteiger partial charge in [0.15, 0.2) is 0 Å². The quantitative estimate of drug-likeness (QED) is 0.550. The number of benzene rings is 1. The maximum atomic E-state index is 12.7. The molecule has 2 atom stereocenters. The van der Waals surface area contributed by atoms with Crippen LogP contribution in [0.25, 0.3) is 5.57 Å². The molecule has 1 aromatic carbocycles. The first-order chi connectivity index (χ1) is 12.1. The van der Waals surface area contributed by atoms with Crippen LogP contribution in [0, 0.1) is 16.0 Å². The van der Waals surface area contributed by atoms with Crippen LogP contribution in [0.3, 0.4) is 0 Å². The van der Waals surface area contributed by atoms with E-state index in [-0.39, 0.29) is 0 Å². The van der Waals surface area contributed by atoms with E-state index < -0.39 is 44.2 Å². The van der Waals surface area contributed by atoms with Crippen molar-refractivity contribution in [2.45, 2.75) is 31.2 Å². The van der Waals surface area contributed by atoms with Crippen LogP contribution in [-0.4, -0.2) is 35.3 Å². The van der Waals surface area contributed by atoms with Crippen LogP contribution in [0.5, 0.6) is 0 Å². The molecule has 2 N–H and O–H groups in total. The molecule has 26 heavy (non-hydrogen) atoms. The molecular weight excluding hydrogens is 360 g/mol. The van der Waals surface area contributed by atoms with E-state index in [2.05, 4.69) is 0 Å². The van der Waals surface area contributed by atoms with Crippen LogP contribution in [-0.2, 0) is 14.8 Å². The predicted molar refractivity (Wildman–Crippen MR) is 96.2 cm³/mol. The summed E-state index contributed by atoms with van der Waals surface area (Å²) >= 11 is 0. The lowest BCUT2D eigenvalue weighted by atomic mass is 9.97.